The van der Waals surface area contributed by atoms with Crippen molar-refractivity contribution in [3.05, 3.63) is 35.4 Å². The molecule has 1 heterocycles. The predicted octanol–water partition coefficient (Wildman–Crippen LogP) is 3.32. The summed E-state index contributed by atoms with van der Waals surface area (Å²) in [6, 6.07) is 7.17. The number of anilines is 1. The molecule has 2 aliphatic rings. The highest BCUT2D eigenvalue weighted by atomic mass is 16.5. The maximum atomic E-state index is 12.7. The third-order valence-electron chi connectivity index (χ3n) is 4.75. The molecule has 1 saturated heterocycles. The van der Waals surface area contributed by atoms with Gasteiger partial charge in [0.1, 0.15) is 5.75 Å². The summed E-state index contributed by atoms with van der Waals surface area (Å²) in [5, 5.41) is 0. The first-order valence-corrected chi connectivity index (χ1v) is 7.78. The molecule has 1 aromatic carbocycles. The summed E-state index contributed by atoms with van der Waals surface area (Å²) in [6.07, 6.45) is 1.41. The molecule has 1 aromatic rings. The van der Waals surface area contributed by atoms with Crippen LogP contribution in [0.15, 0.2) is 35.4 Å². The van der Waals surface area contributed by atoms with Crippen molar-refractivity contribution in [2.75, 3.05) is 11.5 Å². The number of hydrogen-bond donors (Lipinski definition) is 0. The lowest BCUT2D eigenvalue weighted by molar-refractivity contribution is -0.122. The fourth-order valence-electron chi connectivity index (χ4n) is 3.36. The Balaban J connectivity index is 1.87. The molecule has 0 N–H and O–H groups in total. The van der Waals surface area contributed by atoms with Gasteiger partial charge in [0.15, 0.2) is 0 Å². The maximum Gasteiger partial charge on any atom is 0.238 e. The summed E-state index contributed by atoms with van der Waals surface area (Å²) in [5.41, 5.74) is 3.13. The number of allylic oxidation sites excluding steroid dienone is 2. The zero-order chi connectivity index (χ0) is 15.9. The maximum absolute atomic E-state index is 12.7. The van der Waals surface area contributed by atoms with Crippen LogP contribution in [0.2, 0.25) is 0 Å². The number of ether oxygens (including phenoxy) is 1. The second-order valence-corrected chi connectivity index (χ2v) is 6.12. The molecule has 2 amide bonds. The molecule has 3 rings (SSSR count). The van der Waals surface area contributed by atoms with Crippen LogP contribution in [0.3, 0.4) is 0 Å². The van der Waals surface area contributed by atoms with E-state index in [9.17, 15) is 9.59 Å². The lowest BCUT2D eigenvalue weighted by Crippen LogP contribution is -2.30. The Morgan fingerprint density at radius 1 is 1.00 bits per heavy atom. The van der Waals surface area contributed by atoms with E-state index >= 15 is 0 Å². The molecule has 1 aliphatic heterocycles. The van der Waals surface area contributed by atoms with Gasteiger partial charge in [-0.2, -0.15) is 0 Å². The molecule has 0 saturated carbocycles. The van der Waals surface area contributed by atoms with Crippen molar-refractivity contribution >= 4 is 17.5 Å². The van der Waals surface area contributed by atoms with E-state index in [2.05, 4.69) is 13.8 Å². The number of hydrogen-bond acceptors (Lipinski definition) is 3. The average Bonchev–Trinajstić information content (AvgIpc) is 2.73. The fourth-order valence-corrected chi connectivity index (χ4v) is 3.36. The molecule has 0 radical (unpaired) electrons. The van der Waals surface area contributed by atoms with Crippen LogP contribution in [0.5, 0.6) is 5.75 Å². The van der Waals surface area contributed by atoms with Gasteiger partial charge in [-0.25, -0.2) is 0 Å². The molecule has 1 aliphatic carbocycles. The van der Waals surface area contributed by atoms with Gasteiger partial charge in [-0.3, -0.25) is 14.5 Å². The number of carbonyl (C=O) groups is 2. The number of benzene rings is 1. The topological polar surface area (TPSA) is 46.6 Å². The van der Waals surface area contributed by atoms with Gasteiger partial charge in [0.05, 0.1) is 24.1 Å². The summed E-state index contributed by atoms with van der Waals surface area (Å²) in [4.78, 5) is 26.7. The Morgan fingerprint density at radius 3 is 1.95 bits per heavy atom. The third-order valence-corrected chi connectivity index (χ3v) is 4.75. The highest BCUT2D eigenvalue weighted by Gasteiger charge is 2.49. The lowest BCUT2D eigenvalue weighted by Gasteiger charge is -2.23. The van der Waals surface area contributed by atoms with Crippen LogP contribution in [0.4, 0.5) is 5.69 Å². The van der Waals surface area contributed by atoms with Crippen molar-refractivity contribution in [3.63, 3.8) is 0 Å². The van der Waals surface area contributed by atoms with Crippen LogP contribution in [0, 0.1) is 11.8 Å². The minimum atomic E-state index is -0.192. The van der Waals surface area contributed by atoms with Crippen molar-refractivity contribution < 1.29 is 14.3 Å². The van der Waals surface area contributed by atoms with Gasteiger partial charge in [-0.1, -0.05) is 11.1 Å². The molecular weight excluding hydrogens is 278 g/mol. The number of imide groups is 1. The monoisotopic (exact) mass is 299 g/mol. The Bertz CT molecular complexity index is 613. The van der Waals surface area contributed by atoms with E-state index in [1.54, 1.807) is 24.3 Å². The summed E-state index contributed by atoms with van der Waals surface area (Å²) in [5.74, 6) is 0.235. The largest absolute Gasteiger partial charge is 0.494 e. The van der Waals surface area contributed by atoms with Crippen LogP contribution >= 0.6 is 0 Å². The quantitative estimate of drug-likeness (QED) is 0.635. The van der Waals surface area contributed by atoms with E-state index in [0.29, 0.717) is 25.1 Å². The molecule has 2 atom stereocenters. The van der Waals surface area contributed by atoms with E-state index < -0.39 is 0 Å². The standard InChI is InChI=1S/C18H21NO3/c1-4-22-14-7-5-13(6-8-14)19-17(20)15-9-11(2)12(3)10-16(15)18(19)21/h5-8,15-16H,4,9-10H2,1-3H3/t15-,16-/m0/s1. The third kappa shape index (κ3) is 2.32. The van der Waals surface area contributed by atoms with Crippen molar-refractivity contribution in [2.24, 2.45) is 11.8 Å². The minimum Gasteiger partial charge on any atom is -0.494 e. The minimum absolute atomic E-state index is 0.0639. The summed E-state index contributed by atoms with van der Waals surface area (Å²) >= 11 is 0. The van der Waals surface area contributed by atoms with E-state index in [0.717, 1.165) is 5.75 Å². The second kappa shape index (κ2) is 5.59. The Labute approximate surface area is 130 Å². The van der Waals surface area contributed by atoms with Gasteiger partial charge in [-0.15, -0.1) is 0 Å². The molecule has 22 heavy (non-hydrogen) atoms. The van der Waals surface area contributed by atoms with Crippen LogP contribution in [0.1, 0.15) is 33.6 Å². The van der Waals surface area contributed by atoms with E-state index in [4.69, 9.17) is 4.74 Å². The van der Waals surface area contributed by atoms with E-state index in [1.165, 1.54) is 16.0 Å². The Kier molecular flexibility index (Phi) is 3.77. The zero-order valence-electron chi connectivity index (χ0n) is 13.3. The van der Waals surface area contributed by atoms with Gasteiger partial charge in [0, 0.05) is 0 Å². The molecule has 4 nitrogen and oxygen atoms in total. The number of carbonyl (C=O) groups excluding carboxylic acids is 2. The van der Waals surface area contributed by atoms with E-state index in [1.807, 2.05) is 6.92 Å². The number of rotatable bonds is 3. The molecule has 116 valence electrons. The van der Waals surface area contributed by atoms with Crippen LogP contribution in [-0.4, -0.2) is 18.4 Å². The first kappa shape index (κ1) is 14.8. The van der Waals surface area contributed by atoms with Crippen molar-refractivity contribution in [2.45, 2.75) is 33.6 Å². The molecule has 4 heteroatoms. The van der Waals surface area contributed by atoms with Gasteiger partial charge in [-0.05, 0) is 57.9 Å². The van der Waals surface area contributed by atoms with E-state index in [-0.39, 0.29) is 23.7 Å². The molecular formula is C18H21NO3. The predicted molar refractivity (Wildman–Crippen MR) is 84.7 cm³/mol. The molecule has 0 spiro atoms. The summed E-state index contributed by atoms with van der Waals surface area (Å²) in [7, 11) is 0. The SMILES string of the molecule is CCOc1ccc(N2C(=O)[C@H]3CC(C)=C(C)C[C@@H]3C2=O)cc1. The highest BCUT2D eigenvalue weighted by Crippen LogP contribution is 2.42. The van der Waals surface area contributed by atoms with Crippen LogP contribution < -0.4 is 9.64 Å². The molecule has 0 bridgehead atoms. The smallest absolute Gasteiger partial charge is 0.238 e. The highest BCUT2D eigenvalue weighted by molar-refractivity contribution is 6.22. The van der Waals surface area contributed by atoms with Crippen molar-refractivity contribution in [1.29, 1.82) is 0 Å². The number of fused-ring (bicyclic) bond motifs is 1. The molecule has 0 aromatic heterocycles. The Hall–Kier alpha value is -2.10. The normalized spacial score (nSPS) is 24.8. The summed E-state index contributed by atoms with van der Waals surface area (Å²) in [6.45, 7) is 6.63. The number of nitrogens with zero attached hydrogens (tertiary/aromatic N) is 1. The molecule has 0 unspecified atom stereocenters. The fraction of sp³-hybridized carbons (Fsp3) is 0.444. The van der Waals surface area contributed by atoms with Crippen molar-refractivity contribution in [3.8, 4) is 5.75 Å². The first-order chi connectivity index (χ1) is 10.5. The Morgan fingerprint density at radius 2 is 1.50 bits per heavy atom. The first-order valence-electron chi connectivity index (χ1n) is 7.78. The van der Waals surface area contributed by atoms with Crippen LogP contribution in [-0.2, 0) is 9.59 Å². The average molecular weight is 299 g/mol. The molecule has 1 fully saturated rings. The van der Waals surface area contributed by atoms with Crippen LogP contribution in [0.25, 0.3) is 0 Å². The van der Waals surface area contributed by atoms with Gasteiger partial charge in [0.25, 0.3) is 0 Å². The lowest BCUT2D eigenvalue weighted by atomic mass is 9.78. The van der Waals surface area contributed by atoms with Crippen molar-refractivity contribution in [1.82, 2.24) is 0 Å². The number of amides is 2. The zero-order valence-corrected chi connectivity index (χ0v) is 13.3. The van der Waals surface area contributed by atoms with Gasteiger partial charge < -0.3 is 4.74 Å². The van der Waals surface area contributed by atoms with Gasteiger partial charge >= 0.3 is 0 Å². The second-order valence-electron chi connectivity index (χ2n) is 6.12. The summed E-state index contributed by atoms with van der Waals surface area (Å²) < 4.78 is 5.40. The van der Waals surface area contributed by atoms with Gasteiger partial charge in [0.2, 0.25) is 11.8 Å².